The normalized spacial score (nSPS) is 19.9. The van der Waals surface area contributed by atoms with Crippen molar-refractivity contribution in [3.8, 4) is 22.9 Å². The number of sulfonamides is 1. The number of piperidine rings is 2. The van der Waals surface area contributed by atoms with E-state index >= 15 is 0 Å². The SMILES string of the molecule is Cc1cc(-c2nnc(-c3ccc(NS(=O)(=O)CCO)cc3N3CCC4(CC3)CC4)[nH]2)nc(N2CCC(F)(F)CC2)n1. The monoisotopic (exact) mass is 588 g/mol. The van der Waals surface area contributed by atoms with E-state index in [0.717, 1.165) is 37.2 Å². The number of aliphatic hydroxyl groups excluding tert-OH is 1. The Kier molecular flexibility index (Phi) is 7.09. The summed E-state index contributed by atoms with van der Waals surface area (Å²) in [6.45, 7) is 3.40. The summed E-state index contributed by atoms with van der Waals surface area (Å²) in [5.41, 5.74) is 3.66. The minimum absolute atomic E-state index is 0.173. The molecular weight excluding hydrogens is 554 g/mol. The summed E-state index contributed by atoms with van der Waals surface area (Å²) in [6, 6.07) is 7.05. The number of hydrogen-bond acceptors (Lipinski definition) is 9. The zero-order valence-electron chi connectivity index (χ0n) is 22.9. The molecule has 1 aromatic carbocycles. The van der Waals surface area contributed by atoms with Crippen LogP contribution in [-0.4, -0.2) is 83.1 Å². The largest absolute Gasteiger partial charge is 0.395 e. The number of alkyl halides is 2. The molecule has 0 bridgehead atoms. The summed E-state index contributed by atoms with van der Waals surface area (Å²) < 4.78 is 54.6. The topological polar surface area (TPSA) is 140 Å². The van der Waals surface area contributed by atoms with Crippen LogP contribution < -0.4 is 14.5 Å². The van der Waals surface area contributed by atoms with E-state index in [1.165, 1.54) is 12.8 Å². The number of H-pyrrole nitrogens is 1. The second kappa shape index (κ2) is 10.5. The zero-order chi connectivity index (χ0) is 28.8. The first kappa shape index (κ1) is 27.8. The van der Waals surface area contributed by atoms with Gasteiger partial charge in [-0.05, 0) is 62.3 Å². The molecule has 3 aliphatic rings. The van der Waals surface area contributed by atoms with Crippen molar-refractivity contribution in [3.63, 3.8) is 0 Å². The van der Waals surface area contributed by atoms with Gasteiger partial charge in [0.25, 0.3) is 5.92 Å². The number of aliphatic hydroxyl groups is 1. The summed E-state index contributed by atoms with van der Waals surface area (Å²) in [7, 11) is -3.69. The number of hydrogen-bond donors (Lipinski definition) is 3. The fourth-order valence-corrected chi connectivity index (χ4v) is 6.48. The van der Waals surface area contributed by atoms with Crippen molar-refractivity contribution in [3.05, 3.63) is 30.0 Å². The van der Waals surface area contributed by atoms with Gasteiger partial charge in [0, 0.05) is 56.0 Å². The number of aromatic nitrogens is 5. The van der Waals surface area contributed by atoms with Crippen LogP contribution in [0.2, 0.25) is 0 Å². The first-order valence-corrected chi connectivity index (χ1v) is 15.6. The first-order chi connectivity index (χ1) is 19.5. The molecule has 2 aromatic heterocycles. The molecule has 3 N–H and O–H groups in total. The maximum absolute atomic E-state index is 13.7. The van der Waals surface area contributed by atoms with Crippen molar-refractivity contribution >= 4 is 27.3 Å². The average molecular weight is 589 g/mol. The predicted molar refractivity (Wildman–Crippen MR) is 152 cm³/mol. The van der Waals surface area contributed by atoms with Crippen molar-refractivity contribution in [2.75, 3.05) is 53.1 Å². The highest BCUT2D eigenvalue weighted by molar-refractivity contribution is 7.92. The van der Waals surface area contributed by atoms with E-state index in [1.54, 1.807) is 23.1 Å². The summed E-state index contributed by atoms with van der Waals surface area (Å²) in [5, 5.41) is 17.9. The highest BCUT2D eigenvalue weighted by Gasteiger charge is 2.44. The van der Waals surface area contributed by atoms with E-state index in [0.29, 0.717) is 40.1 Å². The van der Waals surface area contributed by atoms with E-state index < -0.39 is 22.6 Å². The molecular formula is C27H34F2N8O3S. The molecule has 0 radical (unpaired) electrons. The average Bonchev–Trinajstić information content (AvgIpc) is 3.48. The Bertz CT molecular complexity index is 1520. The summed E-state index contributed by atoms with van der Waals surface area (Å²) >= 11 is 0. The third-order valence-electron chi connectivity index (χ3n) is 8.36. The molecule has 6 rings (SSSR count). The van der Waals surface area contributed by atoms with Gasteiger partial charge in [-0.1, -0.05) is 0 Å². The second-order valence-corrected chi connectivity index (χ2v) is 13.3. The van der Waals surface area contributed by atoms with Gasteiger partial charge in [0.1, 0.15) is 5.69 Å². The Morgan fingerprint density at radius 3 is 2.32 bits per heavy atom. The van der Waals surface area contributed by atoms with Gasteiger partial charge < -0.3 is 19.9 Å². The molecule has 0 amide bonds. The number of nitrogens with one attached hydrogen (secondary N) is 2. The predicted octanol–water partition coefficient (Wildman–Crippen LogP) is 3.59. The standard InChI is InChI=1S/C27H34F2N8O3S/c1-18-16-21(31-25(30-18)37-12-8-27(28,29)9-13-37)24-32-23(33-34-24)20-3-2-19(35-41(39,40)15-14-38)17-22(20)36-10-6-26(4-5-26)7-11-36/h2-3,16-17,35,38H,4-15H2,1H3,(H,32,33,34). The molecule has 3 fully saturated rings. The van der Waals surface area contributed by atoms with Crippen molar-refractivity contribution in [2.45, 2.75) is 51.4 Å². The van der Waals surface area contributed by atoms with E-state index in [1.807, 2.05) is 13.0 Å². The highest BCUT2D eigenvalue weighted by Crippen LogP contribution is 2.54. The third kappa shape index (κ3) is 6.13. The summed E-state index contributed by atoms with van der Waals surface area (Å²) in [6.07, 6.45) is 4.22. The van der Waals surface area contributed by atoms with E-state index in [9.17, 15) is 17.2 Å². The Morgan fingerprint density at radius 2 is 1.63 bits per heavy atom. The lowest BCUT2D eigenvalue weighted by molar-refractivity contribution is -0.0222. The quantitative estimate of drug-likeness (QED) is 0.360. The van der Waals surface area contributed by atoms with Gasteiger partial charge in [0.15, 0.2) is 11.6 Å². The molecule has 4 heterocycles. The van der Waals surface area contributed by atoms with Gasteiger partial charge in [0.05, 0.1) is 18.0 Å². The highest BCUT2D eigenvalue weighted by atomic mass is 32.2. The Balaban J connectivity index is 1.30. The number of nitrogens with zero attached hydrogens (tertiary/aromatic N) is 6. The number of rotatable bonds is 8. The summed E-state index contributed by atoms with van der Waals surface area (Å²) in [5.74, 6) is -1.74. The molecule has 2 aliphatic heterocycles. The molecule has 3 aromatic rings. The van der Waals surface area contributed by atoms with E-state index in [-0.39, 0.29) is 31.7 Å². The lowest BCUT2D eigenvalue weighted by Crippen LogP contribution is -2.40. The number of halogens is 2. The molecule has 2 saturated heterocycles. The maximum atomic E-state index is 13.7. The Labute approximate surface area is 237 Å². The molecule has 0 atom stereocenters. The minimum Gasteiger partial charge on any atom is -0.395 e. The second-order valence-electron chi connectivity index (χ2n) is 11.4. The van der Waals surface area contributed by atoms with Crippen LogP contribution >= 0.6 is 0 Å². The van der Waals surface area contributed by atoms with Crippen molar-refractivity contribution in [2.24, 2.45) is 5.41 Å². The Morgan fingerprint density at radius 1 is 0.951 bits per heavy atom. The van der Waals surface area contributed by atoms with Crippen LogP contribution in [0.25, 0.3) is 22.9 Å². The van der Waals surface area contributed by atoms with E-state index in [4.69, 9.17) is 5.11 Å². The molecule has 11 nitrogen and oxygen atoms in total. The number of anilines is 3. The van der Waals surface area contributed by atoms with Crippen LogP contribution in [0.4, 0.5) is 26.1 Å². The summed E-state index contributed by atoms with van der Waals surface area (Å²) in [4.78, 5) is 16.4. The maximum Gasteiger partial charge on any atom is 0.251 e. The smallest absolute Gasteiger partial charge is 0.251 e. The van der Waals surface area contributed by atoms with Crippen LogP contribution in [0, 0.1) is 12.3 Å². The molecule has 1 aliphatic carbocycles. The van der Waals surface area contributed by atoms with E-state index in [2.05, 4.69) is 34.8 Å². The fourth-order valence-electron chi connectivity index (χ4n) is 5.65. The minimum atomic E-state index is -3.69. The molecule has 0 unspecified atom stereocenters. The van der Waals surface area contributed by atoms with Crippen LogP contribution in [0.5, 0.6) is 0 Å². The van der Waals surface area contributed by atoms with Crippen LogP contribution in [0.15, 0.2) is 24.3 Å². The van der Waals surface area contributed by atoms with Crippen LogP contribution in [0.1, 0.15) is 44.2 Å². The fraction of sp³-hybridized carbons (Fsp3) is 0.556. The lowest BCUT2D eigenvalue weighted by Gasteiger charge is -2.35. The van der Waals surface area contributed by atoms with Crippen molar-refractivity contribution in [1.82, 2.24) is 25.1 Å². The molecule has 41 heavy (non-hydrogen) atoms. The van der Waals surface area contributed by atoms with Gasteiger partial charge in [-0.15, -0.1) is 10.2 Å². The van der Waals surface area contributed by atoms with Crippen molar-refractivity contribution < 1.29 is 22.3 Å². The molecule has 1 saturated carbocycles. The third-order valence-corrected chi connectivity index (χ3v) is 9.62. The lowest BCUT2D eigenvalue weighted by atomic mass is 9.93. The number of aryl methyl sites for hydroxylation is 1. The Hall–Kier alpha value is -3.39. The zero-order valence-corrected chi connectivity index (χ0v) is 23.7. The van der Waals surface area contributed by atoms with Gasteiger partial charge in [-0.2, -0.15) is 0 Å². The molecule has 14 heteroatoms. The molecule has 1 spiro atoms. The first-order valence-electron chi connectivity index (χ1n) is 14.0. The van der Waals surface area contributed by atoms with Gasteiger partial charge in [-0.3, -0.25) is 4.72 Å². The van der Waals surface area contributed by atoms with Gasteiger partial charge >= 0.3 is 0 Å². The van der Waals surface area contributed by atoms with Crippen molar-refractivity contribution in [1.29, 1.82) is 0 Å². The van der Waals surface area contributed by atoms with Gasteiger partial charge in [0.2, 0.25) is 16.0 Å². The number of aromatic amines is 1. The van der Waals surface area contributed by atoms with Crippen LogP contribution in [-0.2, 0) is 10.0 Å². The van der Waals surface area contributed by atoms with Crippen LogP contribution in [0.3, 0.4) is 0 Å². The van der Waals surface area contributed by atoms with Gasteiger partial charge in [-0.25, -0.2) is 27.2 Å². The molecule has 220 valence electrons. The number of benzene rings is 1.